The van der Waals surface area contributed by atoms with Gasteiger partial charge >= 0.3 is 5.97 Å². The van der Waals surface area contributed by atoms with Crippen LogP contribution in [0, 0.1) is 11.8 Å². The summed E-state index contributed by atoms with van der Waals surface area (Å²) < 4.78 is 0. The van der Waals surface area contributed by atoms with Crippen LogP contribution in [0.15, 0.2) is 4.99 Å². The van der Waals surface area contributed by atoms with Gasteiger partial charge in [0.05, 0.1) is 12.0 Å². The van der Waals surface area contributed by atoms with Crippen molar-refractivity contribution >= 4 is 23.7 Å². The van der Waals surface area contributed by atoms with Crippen molar-refractivity contribution in [1.82, 2.24) is 10.2 Å². The van der Waals surface area contributed by atoms with E-state index in [1.54, 1.807) is 4.90 Å². The molecule has 6 N–H and O–H groups in total. The highest BCUT2D eigenvalue weighted by Gasteiger charge is 2.45. The molecule has 2 unspecified atom stereocenters. The largest absolute Gasteiger partial charge is 0.481 e. The molecular weight excluding hydrogens is 338 g/mol. The molecule has 2 amide bonds. The molecule has 1 saturated carbocycles. The van der Waals surface area contributed by atoms with Crippen LogP contribution in [0.3, 0.4) is 0 Å². The van der Waals surface area contributed by atoms with Crippen molar-refractivity contribution in [3.8, 4) is 0 Å². The van der Waals surface area contributed by atoms with Gasteiger partial charge in [0.1, 0.15) is 6.04 Å². The number of carbonyl (C=O) groups is 3. The third-order valence-electron chi connectivity index (χ3n) is 5.21. The molecule has 0 aromatic heterocycles. The summed E-state index contributed by atoms with van der Waals surface area (Å²) in [5, 5.41) is 12.1. The molecule has 0 radical (unpaired) electrons. The highest BCUT2D eigenvalue weighted by Crippen LogP contribution is 2.36. The lowest BCUT2D eigenvalue weighted by Gasteiger charge is -2.31. The first-order valence-corrected chi connectivity index (χ1v) is 9.17. The first-order chi connectivity index (χ1) is 12.3. The van der Waals surface area contributed by atoms with E-state index >= 15 is 0 Å². The molecule has 26 heavy (non-hydrogen) atoms. The van der Waals surface area contributed by atoms with Crippen molar-refractivity contribution in [2.45, 2.75) is 57.5 Å². The molecule has 9 heteroatoms. The Bertz CT molecular complexity index is 568. The lowest BCUT2D eigenvalue weighted by Crippen LogP contribution is -2.53. The van der Waals surface area contributed by atoms with Crippen molar-refractivity contribution in [3.05, 3.63) is 0 Å². The number of hydrogen-bond donors (Lipinski definition) is 4. The maximum Gasteiger partial charge on any atom is 0.306 e. The lowest BCUT2D eigenvalue weighted by atomic mass is 9.92. The van der Waals surface area contributed by atoms with Gasteiger partial charge in [0.15, 0.2) is 5.96 Å². The minimum atomic E-state index is -0.938. The van der Waals surface area contributed by atoms with Gasteiger partial charge in [-0.25, -0.2) is 4.99 Å². The second kappa shape index (κ2) is 8.86. The van der Waals surface area contributed by atoms with Gasteiger partial charge in [-0.15, -0.1) is 0 Å². The number of hydrogen-bond acceptors (Lipinski definition) is 4. The molecular formula is C17H29N5O4. The number of nitrogens with two attached hydrogens (primary N) is 2. The molecule has 0 bridgehead atoms. The summed E-state index contributed by atoms with van der Waals surface area (Å²) in [6.07, 6.45) is 4.52. The molecule has 0 aromatic carbocycles. The van der Waals surface area contributed by atoms with Crippen LogP contribution in [0.4, 0.5) is 0 Å². The van der Waals surface area contributed by atoms with Crippen molar-refractivity contribution in [2.24, 2.45) is 28.3 Å². The Hall–Kier alpha value is -2.32. The first kappa shape index (κ1) is 20.0. The molecule has 2 aliphatic rings. The minimum Gasteiger partial charge on any atom is -0.481 e. The maximum absolute atomic E-state index is 13.1. The summed E-state index contributed by atoms with van der Waals surface area (Å²) in [6, 6.07) is -1.32. The number of carbonyl (C=O) groups excluding carboxylic acids is 2. The van der Waals surface area contributed by atoms with Gasteiger partial charge in [0.2, 0.25) is 11.8 Å². The van der Waals surface area contributed by atoms with E-state index in [2.05, 4.69) is 10.3 Å². The van der Waals surface area contributed by atoms with E-state index in [-0.39, 0.29) is 30.6 Å². The zero-order chi connectivity index (χ0) is 19.3. The maximum atomic E-state index is 13.1. The van der Waals surface area contributed by atoms with Crippen LogP contribution in [0.1, 0.15) is 45.4 Å². The van der Waals surface area contributed by atoms with Gasteiger partial charge in [0.25, 0.3) is 0 Å². The monoisotopic (exact) mass is 367 g/mol. The highest BCUT2D eigenvalue weighted by atomic mass is 16.4. The normalized spacial score (nSPS) is 27.3. The number of rotatable bonds is 5. The number of carboxylic acids is 1. The smallest absolute Gasteiger partial charge is 0.306 e. The quantitative estimate of drug-likeness (QED) is 0.385. The summed E-state index contributed by atoms with van der Waals surface area (Å²) in [5.41, 5.74) is 11.0. The van der Waals surface area contributed by atoms with Crippen LogP contribution in [0.25, 0.3) is 0 Å². The Morgan fingerprint density at radius 2 is 1.73 bits per heavy atom. The van der Waals surface area contributed by atoms with Crippen LogP contribution in [0.2, 0.25) is 0 Å². The summed E-state index contributed by atoms with van der Waals surface area (Å²) >= 11 is 0. The van der Waals surface area contributed by atoms with Crippen LogP contribution in [-0.4, -0.2) is 58.9 Å². The van der Waals surface area contributed by atoms with Crippen LogP contribution < -0.4 is 16.8 Å². The van der Waals surface area contributed by atoms with Gasteiger partial charge in [0, 0.05) is 25.9 Å². The third kappa shape index (κ3) is 5.09. The van der Waals surface area contributed by atoms with E-state index in [4.69, 9.17) is 11.5 Å². The van der Waals surface area contributed by atoms with Gasteiger partial charge in [-0.3, -0.25) is 14.4 Å². The summed E-state index contributed by atoms with van der Waals surface area (Å²) in [7, 11) is 0. The van der Waals surface area contributed by atoms with Crippen LogP contribution in [-0.2, 0) is 14.4 Å². The molecule has 4 atom stereocenters. The van der Waals surface area contributed by atoms with E-state index in [9.17, 15) is 19.5 Å². The van der Waals surface area contributed by atoms with E-state index in [0.717, 1.165) is 25.7 Å². The zero-order valence-electron chi connectivity index (χ0n) is 15.2. The van der Waals surface area contributed by atoms with Crippen molar-refractivity contribution in [2.75, 3.05) is 13.1 Å². The molecule has 9 nitrogen and oxygen atoms in total. The first-order valence-electron chi connectivity index (χ1n) is 9.17. The average Bonchev–Trinajstić information content (AvgIpc) is 2.78. The van der Waals surface area contributed by atoms with E-state index in [0.29, 0.717) is 13.1 Å². The Morgan fingerprint density at radius 3 is 2.23 bits per heavy atom. The second-order valence-electron chi connectivity index (χ2n) is 7.21. The van der Waals surface area contributed by atoms with Gasteiger partial charge in [-0.1, -0.05) is 12.8 Å². The Morgan fingerprint density at radius 1 is 1.12 bits per heavy atom. The fourth-order valence-corrected chi connectivity index (χ4v) is 4.01. The van der Waals surface area contributed by atoms with Gasteiger partial charge in [-0.05, 0) is 25.7 Å². The molecule has 2 fully saturated rings. The predicted molar refractivity (Wildman–Crippen MR) is 96.1 cm³/mol. The lowest BCUT2D eigenvalue weighted by molar-refractivity contribution is -0.142. The molecule has 0 spiro atoms. The SMILES string of the molecule is CC(=O)NC(C(=O)N1CCCCCC1)[C@H]1CC(C(=O)O)C[C@@H]1N=C(N)N. The summed E-state index contributed by atoms with van der Waals surface area (Å²) in [4.78, 5) is 42.2. The Kier molecular flexibility index (Phi) is 6.82. The number of nitrogens with one attached hydrogen (secondary N) is 1. The minimum absolute atomic E-state index is 0.144. The number of guanidine groups is 1. The molecule has 1 aliphatic heterocycles. The van der Waals surface area contributed by atoms with Crippen molar-refractivity contribution in [1.29, 1.82) is 0 Å². The Balaban J connectivity index is 2.27. The number of likely N-dealkylation sites (tertiary alicyclic amines) is 1. The van der Waals surface area contributed by atoms with Crippen LogP contribution in [0.5, 0.6) is 0 Å². The van der Waals surface area contributed by atoms with Crippen molar-refractivity contribution < 1.29 is 19.5 Å². The van der Waals surface area contributed by atoms with E-state index < -0.39 is 29.9 Å². The van der Waals surface area contributed by atoms with Crippen molar-refractivity contribution in [3.63, 3.8) is 0 Å². The number of nitrogens with zero attached hydrogens (tertiary/aromatic N) is 2. The zero-order valence-corrected chi connectivity index (χ0v) is 15.2. The molecule has 0 aromatic rings. The van der Waals surface area contributed by atoms with Gasteiger partial charge in [-0.2, -0.15) is 0 Å². The number of amides is 2. The standard InChI is InChI=1S/C17H29N5O4/c1-10(23)20-14(15(24)22-6-4-2-3-5-7-22)12-8-11(16(25)26)9-13(12)21-17(18)19/h11-14H,2-9H2,1H3,(H,20,23)(H,25,26)(H4,18,19,21)/t11?,12-,13-,14?/m0/s1. The fourth-order valence-electron chi connectivity index (χ4n) is 4.01. The highest BCUT2D eigenvalue weighted by molar-refractivity contribution is 5.87. The van der Waals surface area contributed by atoms with Gasteiger partial charge < -0.3 is 26.8 Å². The number of aliphatic imine (C=N–C) groups is 1. The molecule has 1 aliphatic carbocycles. The second-order valence-corrected chi connectivity index (χ2v) is 7.21. The van der Waals surface area contributed by atoms with E-state index in [1.807, 2.05) is 0 Å². The molecule has 146 valence electrons. The summed E-state index contributed by atoms with van der Waals surface area (Å²) in [5.74, 6) is -2.67. The molecule has 2 rings (SSSR count). The fraction of sp³-hybridized carbons (Fsp3) is 0.765. The molecule has 1 saturated heterocycles. The Labute approximate surface area is 153 Å². The van der Waals surface area contributed by atoms with E-state index in [1.165, 1.54) is 6.92 Å². The number of carboxylic acid groups (broad SMARTS) is 1. The average molecular weight is 367 g/mol. The predicted octanol–water partition coefficient (Wildman–Crippen LogP) is -0.353. The third-order valence-corrected chi connectivity index (χ3v) is 5.21. The molecule has 1 heterocycles. The van der Waals surface area contributed by atoms with Crippen LogP contribution >= 0.6 is 0 Å². The summed E-state index contributed by atoms with van der Waals surface area (Å²) in [6.45, 7) is 2.65. The topological polar surface area (TPSA) is 151 Å². The number of aliphatic carboxylic acids is 1.